The number of fused-ring (bicyclic) bond motifs is 1. The number of amides is 5. The molecule has 0 aromatic carbocycles. The molecular formula is C26H43N5O7. The van der Waals surface area contributed by atoms with E-state index < -0.39 is 65.8 Å². The lowest BCUT2D eigenvalue weighted by Gasteiger charge is -2.34. The molecule has 0 unspecified atom stereocenters. The van der Waals surface area contributed by atoms with E-state index in [1.165, 1.54) is 4.90 Å². The number of nitrogens with zero attached hydrogens (tertiary/aromatic N) is 1. The molecule has 0 spiro atoms. The van der Waals surface area contributed by atoms with E-state index in [9.17, 15) is 28.8 Å². The Kier molecular flexibility index (Phi) is 9.22. The van der Waals surface area contributed by atoms with Gasteiger partial charge in [-0.05, 0) is 49.9 Å². The van der Waals surface area contributed by atoms with Crippen LogP contribution < -0.4 is 21.7 Å². The zero-order chi connectivity index (χ0) is 29.3. The van der Waals surface area contributed by atoms with Crippen LogP contribution in [-0.2, 0) is 28.7 Å². The summed E-state index contributed by atoms with van der Waals surface area (Å²) in [6.45, 7) is 16.0. The molecule has 2 aliphatic rings. The third-order valence-electron chi connectivity index (χ3n) is 7.29. The largest absolute Gasteiger partial charge is 0.458 e. The van der Waals surface area contributed by atoms with Gasteiger partial charge in [-0.1, -0.05) is 41.5 Å². The summed E-state index contributed by atoms with van der Waals surface area (Å²) in [4.78, 5) is 76.4. The van der Waals surface area contributed by atoms with Crippen LogP contribution in [0, 0.1) is 29.1 Å². The fourth-order valence-corrected chi connectivity index (χ4v) is 5.05. The van der Waals surface area contributed by atoms with E-state index in [2.05, 4.69) is 16.0 Å². The van der Waals surface area contributed by atoms with Gasteiger partial charge in [0.05, 0.1) is 6.54 Å². The maximum absolute atomic E-state index is 13.7. The number of Topliss-reactive ketones (excluding diaryl/α,β-unsaturated/α-hetero) is 1. The Hall–Kier alpha value is -3.18. The number of ether oxygens (including phenoxy) is 1. The van der Waals surface area contributed by atoms with E-state index in [1.54, 1.807) is 48.5 Å². The number of esters is 1. The number of likely N-dealkylation sites (tertiary alicyclic amines) is 1. The molecule has 0 aromatic heterocycles. The molecule has 38 heavy (non-hydrogen) atoms. The first-order valence-corrected chi connectivity index (χ1v) is 13.0. The van der Waals surface area contributed by atoms with Gasteiger partial charge < -0.3 is 31.3 Å². The van der Waals surface area contributed by atoms with Crippen molar-refractivity contribution >= 4 is 35.5 Å². The number of carbonyl (C=O) groups is 6. The fourth-order valence-electron chi connectivity index (χ4n) is 5.05. The quantitative estimate of drug-likeness (QED) is 0.229. The number of nitrogens with two attached hydrogens (primary N) is 1. The number of carbonyl (C=O) groups excluding carboxylic acids is 6. The molecule has 0 radical (unpaired) electrons. The van der Waals surface area contributed by atoms with Crippen molar-refractivity contribution in [2.75, 3.05) is 13.1 Å². The number of ketones is 1. The van der Waals surface area contributed by atoms with Crippen LogP contribution >= 0.6 is 0 Å². The van der Waals surface area contributed by atoms with Crippen molar-refractivity contribution in [1.82, 2.24) is 20.9 Å². The second-order valence-corrected chi connectivity index (χ2v) is 12.5. The molecule has 5 amide bonds. The number of nitrogens with one attached hydrogen (secondary N) is 3. The average molecular weight is 538 g/mol. The van der Waals surface area contributed by atoms with Gasteiger partial charge in [0, 0.05) is 6.54 Å². The SMILES string of the molecule is CC(C)[C@H](NC(=O)N[C@H](C(=O)N1C[C@H]2[C@@H]([C@H]1C(=O)NCC(=O)C(N)=O)C2(C)C)C(C)C)C(=O)OC(C)(C)C. The van der Waals surface area contributed by atoms with Gasteiger partial charge in [0.15, 0.2) is 0 Å². The lowest BCUT2D eigenvalue weighted by atomic mass is 9.97. The van der Waals surface area contributed by atoms with Crippen molar-refractivity contribution in [2.24, 2.45) is 34.8 Å². The minimum absolute atomic E-state index is 0.0770. The van der Waals surface area contributed by atoms with Gasteiger partial charge in [0.25, 0.3) is 5.91 Å². The molecule has 1 heterocycles. The molecule has 2 fully saturated rings. The molecule has 12 nitrogen and oxygen atoms in total. The molecule has 2 rings (SSSR count). The lowest BCUT2D eigenvalue weighted by molar-refractivity contribution is -0.158. The summed E-state index contributed by atoms with van der Waals surface area (Å²) in [5, 5.41) is 7.73. The minimum atomic E-state index is -1.16. The molecule has 0 aromatic rings. The second kappa shape index (κ2) is 11.3. The van der Waals surface area contributed by atoms with Crippen LogP contribution in [-0.4, -0.2) is 77.2 Å². The van der Waals surface area contributed by atoms with E-state index in [0.29, 0.717) is 6.54 Å². The summed E-state index contributed by atoms with van der Waals surface area (Å²) in [6, 6.07) is -3.48. The zero-order valence-corrected chi connectivity index (χ0v) is 23.8. The predicted molar refractivity (Wildman–Crippen MR) is 138 cm³/mol. The topological polar surface area (TPSA) is 177 Å². The second-order valence-electron chi connectivity index (χ2n) is 12.5. The summed E-state index contributed by atoms with van der Waals surface area (Å²) in [6.07, 6.45) is 0. The number of rotatable bonds is 10. The molecular weight excluding hydrogens is 494 g/mol. The Morgan fingerprint density at radius 3 is 1.97 bits per heavy atom. The van der Waals surface area contributed by atoms with Crippen molar-refractivity contribution < 1.29 is 33.5 Å². The standard InChI is InChI=1S/C26H43N5O7/c1-12(2)17(29-24(37)30-18(13(3)4)23(36)38-25(5,6)7)22(35)31-11-14-16(26(14,8)9)19(31)21(34)28-10-15(32)20(27)33/h12-14,16-19H,10-11H2,1-9H3,(H2,27,33)(H,28,34)(H2,29,30,37)/t14-,16-,17-,18-,19-/m0/s1. The first-order valence-electron chi connectivity index (χ1n) is 13.0. The van der Waals surface area contributed by atoms with E-state index in [0.717, 1.165) is 0 Å². The molecule has 1 saturated heterocycles. The first-order chi connectivity index (χ1) is 17.3. The summed E-state index contributed by atoms with van der Waals surface area (Å²) in [7, 11) is 0. The Bertz CT molecular complexity index is 985. The maximum atomic E-state index is 13.7. The molecule has 12 heteroatoms. The molecule has 1 aliphatic heterocycles. The van der Waals surface area contributed by atoms with Crippen molar-refractivity contribution in [1.29, 1.82) is 0 Å². The monoisotopic (exact) mass is 537 g/mol. The maximum Gasteiger partial charge on any atom is 0.329 e. The van der Waals surface area contributed by atoms with Crippen molar-refractivity contribution in [3.8, 4) is 0 Å². The number of hydrogen-bond donors (Lipinski definition) is 4. The van der Waals surface area contributed by atoms with E-state index in [4.69, 9.17) is 10.5 Å². The van der Waals surface area contributed by atoms with Crippen LogP contribution in [0.25, 0.3) is 0 Å². The van der Waals surface area contributed by atoms with Gasteiger partial charge in [-0.25, -0.2) is 9.59 Å². The number of hydrogen-bond acceptors (Lipinski definition) is 7. The van der Waals surface area contributed by atoms with Gasteiger partial charge in [-0.2, -0.15) is 0 Å². The zero-order valence-electron chi connectivity index (χ0n) is 23.8. The van der Waals surface area contributed by atoms with Gasteiger partial charge in [0.2, 0.25) is 17.6 Å². The van der Waals surface area contributed by atoms with Crippen molar-refractivity contribution in [2.45, 2.75) is 86.0 Å². The first kappa shape index (κ1) is 31.0. The highest BCUT2D eigenvalue weighted by Gasteiger charge is 2.69. The van der Waals surface area contributed by atoms with E-state index in [-0.39, 0.29) is 29.1 Å². The number of piperidine rings is 1. The Morgan fingerprint density at radius 2 is 1.50 bits per heavy atom. The van der Waals surface area contributed by atoms with Crippen molar-refractivity contribution in [3.05, 3.63) is 0 Å². The highest BCUT2D eigenvalue weighted by molar-refractivity contribution is 6.36. The molecule has 1 saturated carbocycles. The summed E-state index contributed by atoms with van der Waals surface area (Å²) < 4.78 is 5.42. The smallest absolute Gasteiger partial charge is 0.329 e. The van der Waals surface area contributed by atoms with Crippen LogP contribution in [0.4, 0.5) is 4.79 Å². The van der Waals surface area contributed by atoms with E-state index in [1.807, 2.05) is 13.8 Å². The Labute approximate surface area is 224 Å². The van der Waals surface area contributed by atoms with Gasteiger partial charge in [-0.3, -0.25) is 19.2 Å². The van der Waals surface area contributed by atoms with Gasteiger partial charge >= 0.3 is 12.0 Å². The van der Waals surface area contributed by atoms with E-state index >= 15 is 0 Å². The third-order valence-corrected chi connectivity index (χ3v) is 7.29. The number of primary amides is 1. The third kappa shape index (κ3) is 7.02. The summed E-state index contributed by atoms with van der Waals surface area (Å²) in [5.74, 6) is -4.34. The molecule has 1 aliphatic carbocycles. The van der Waals surface area contributed by atoms with Gasteiger partial charge in [0.1, 0.15) is 23.7 Å². The Morgan fingerprint density at radius 1 is 0.974 bits per heavy atom. The fraction of sp³-hybridized carbons (Fsp3) is 0.769. The molecule has 5 N–H and O–H groups in total. The lowest BCUT2D eigenvalue weighted by Crippen LogP contribution is -2.60. The predicted octanol–water partition coefficient (Wildman–Crippen LogP) is 0.330. The molecule has 0 bridgehead atoms. The van der Waals surface area contributed by atoms with Gasteiger partial charge in [-0.15, -0.1) is 0 Å². The van der Waals surface area contributed by atoms with Crippen LogP contribution in [0.1, 0.15) is 62.3 Å². The van der Waals surface area contributed by atoms with Crippen LogP contribution in [0.15, 0.2) is 0 Å². The molecule has 5 atom stereocenters. The minimum Gasteiger partial charge on any atom is -0.458 e. The molecule has 214 valence electrons. The van der Waals surface area contributed by atoms with Crippen LogP contribution in [0.3, 0.4) is 0 Å². The van der Waals surface area contributed by atoms with Crippen LogP contribution in [0.5, 0.6) is 0 Å². The Balaban J connectivity index is 2.17. The average Bonchev–Trinajstić information content (AvgIpc) is 3.10. The summed E-state index contributed by atoms with van der Waals surface area (Å²) >= 11 is 0. The van der Waals surface area contributed by atoms with Crippen molar-refractivity contribution in [3.63, 3.8) is 0 Å². The highest BCUT2D eigenvalue weighted by Crippen LogP contribution is 2.64. The summed E-state index contributed by atoms with van der Waals surface area (Å²) in [5.41, 5.74) is 4.06. The normalized spacial score (nSPS) is 23.2. The highest BCUT2D eigenvalue weighted by atomic mass is 16.6. The number of urea groups is 1. The van der Waals surface area contributed by atoms with Crippen LogP contribution in [0.2, 0.25) is 0 Å².